The molecule has 0 unspecified atom stereocenters. The number of hydrogen-bond acceptors (Lipinski definition) is 3. The maximum absolute atomic E-state index is 12.2. The normalized spacial score (nSPS) is 10.2. The van der Waals surface area contributed by atoms with Gasteiger partial charge in [-0.2, -0.15) is 0 Å². The van der Waals surface area contributed by atoms with Crippen LogP contribution in [0.25, 0.3) is 0 Å². The van der Waals surface area contributed by atoms with Gasteiger partial charge in [-0.1, -0.05) is 39.1 Å². The van der Waals surface area contributed by atoms with E-state index in [2.05, 4.69) is 21.2 Å². The summed E-state index contributed by atoms with van der Waals surface area (Å²) in [5.74, 6) is -0.659. The van der Waals surface area contributed by atoms with Gasteiger partial charge in [0.2, 0.25) is 0 Å². The Morgan fingerprint density at radius 2 is 1.90 bits per heavy atom. The monoisotopic (exact) mass is 388 g/mol. The molecule has 2 aromatic carbocycles. The average Bonchev–Trinajstić information content (AvgIpc) is 2.41. The summed E-state index contributed by atoms with van der Waals surface area (Å²) in [4.78, 5) is 22.5. The van der Waals surface area contributed by atoms with Gasteiger partial charge in [-0.3, -0.25) is 14.9 Å². The van der Waals surface area contributed by atoms with E-state index in [9.17, 15) is 14.9 Å². The number of nitrogens with one attached hydrogen (secondary N) is 1. The van der Waals surface area contributed by atoms with Gasteiger partial charge in [0.25, 0.3) is 11.6 Å². The molecule has 0 radical (unpaired) electrons. The fourth-order valence-corrected chi connectivity index (χ4v) is 2.52. The van der Waals surface area contributed by atoms with Gasteiger partial charge < -0.3 is 5.32 Å². The fourth-order valence-electron chi connectivity index (χ4n) is 1.63. The lowest BCUT2D eigenvalue weighted by Gasteiger charge is -2.08. The van der Waals surface area contributed by atoms with Crippen LogP contribution in [0.3, 0.4) is 0 Å². The summed E-state index contributed by atoms with van der Waals surface area (Å²) in [6.07, 6.45) is 0. The maximum Gasteiger partial charge on any atom is 0.282 e. The summed E-state index contributed by atoms with van der Waals surface area (Å²) in [6.45, 7) is 0. The third kappa shape index (κ3) is 3.72. The van der Waals surface area contributed by atoms with Crippen LogP contribution in [0.5, 0.6) is 0 Å². The second-order valence-electron chi connectivity index (χ2n) is 4.00. The topological polar surface area (TPSA) is 72.2 Å². The van der Waals surface area contributed by atoms with Crippen LogP contribution in [0.1, 0.15) is 10.4 Å². The van der Waals surface area contributed by atoms with Crippen LogP contribution in [-0.4, -0.2) is 10.8 Å². The number of carbonyl (C=O) groups excluding carboxylic acids is 1. The zero-order valence-electron chi connectivity index (χ0n) is 10.3. The third-order valence-electron chi connectivity index (χ3n) is 2.58. The van der Waals surface area contributed by atoms with Crippen LogP contribution in [0.2, 0.25) is 10.0 Å². The molecule has 0 atom stereocenters. The molecule has 1 amide bonds. The van der Waals surface area contributed by atoms with Crippen LogP contribution in [0, 0.1) is 10.1 Å². The lowest BCUT2D eigenvalue weighted by atomic mass is 10.1. The van der Waals surface area contributed by atoms with Crippen molar-refractivity contribution in [1.29, 1.82) is 0 Å². The summed E-state index contributed by atoms with van der Waals surface area (Å²) in [5, 5.41) is 14.0. The number of nitro benzene ring substituents is 1. The minimum Gasteiger partial charge on any atom is -0.320 e. The Hall–Kier alpha value is -1.63. The van der Waals surface area contributed by atoms with Crippen molar-refractivity contribution in [3.63, 3.8) is 0 Å². The number of nitrogens with zero attached hydrogens (tertiary/aromatic N) is 1. The predicted octanol–water partition coefficient (Wildman–Crippen LogP) is 4.92. The molecule has 0 aromatic heterocycles. The molecule has 0 heterocycles. The summed E-state index contributed by atoms with van der Waals surface area (Å²) < 4.78 is 0.749. The number of carbonyl (C=O) groups is 1. The average molecular weight is 390 g/mol. The SMILES string of the molecule is O=C(Nc1ccc(Br)cc1Cl)c1cc(Cl)ccc1[N+](=O)[O-]. The number of halogens is 3. The van der Waals surface area contributed by atoms with E-state index in [1.165, 1.54) is 18.2 Å². The second-order valence-corrected chi connectivity index (χ2v) is 5.76. The minimum atomic E-state index is -0.659. The van der Waals surface area contributed by atoms with Gasteiger partial charge in [0.05, 0.1) is 15.6 Å². The lowest BCUT2D eigenvalue weighted by Crippen LogP contribution is -2.14. The van der Waals surface area contributed by atoms with E-state index in [1.54, 1.807) is 18.2 Å². The number of rotatable bonds is 3. The van der Waals surface area contributed by atoms with Crippen LogP contribution in [-0.2, 0) is 0 Å². The molecule has 0 aliphatic carbocycles. The number of nitro groups is 1. The van der Waals surface area contributed by atoms with Crippen molar-refractivity contribution in [3.8, 4) is 0 Å². The van der Waals surface area contributed by atoms with Gasteiger partial charge in [0.1, 0.15) is 5.56 Å². The maximum atomic E-state index is 12.2. The Morgan fingerprint density at radius 1 is 1.19 bits per heavy atom. The molecule has 0 spiro atoms. The molecule has 1 N–H and O–H groups in total. The first-order valence-corrected chi connectivity index (χ1v) is 7.13. The second kappa shape index (κ2) is 6.43. The molecule has 0 aliphatic heterocycles. The highest BCUT2D eigenvalue weighted by Gasteiger charge is 2.21. The Kier molecular flexibility index (Phi) is 4.82. The highest BCUT2D eigenvalue weighted by Crippen LogP contribution is 2.28. The van der Waals surface area contributed by atoms with Crippen molar-refractivity contribution >= 4 is 56.4 Å². The lowest BCUT2D eigenvalue weighted by molar-refractivity contribution is -0.385. The molecule has 0 bridgehead atoms. The Balaban J connectivity index is 2.36. The quantitative estimate of drug-likeness (QED) is 0.598. The van der Waals surface area contributed by atoms with Crippen LogP contribution >= 0.6 is 39.1 Å². The third-order valence-corrected chi connectivity index (χ3v) is 3.62. The van der Waals surface area contributed by atoms with E-state index in [4.69, 9.17) is 23.2 Å². The molecule has 108 valence electrons. The van der Waals surface area contributed by atoms with Gasteiger partial charge in [0.15, 0.2) is 0 Å². The van der Waals surface area contributed by atoms with Crippen LogP contribution < -0.4 is 5.32 Å². The number of benzene rings is 2. The minimum absolute atomic E-state index is 0.133. The molecule has 5 nitrogen and oxygen atoms in total. The molecule has 0 fully saturated rings. The number of hydrogen-bond donors (Lipinski definition) is 1. The zero-order valence-corrected chi connectivity index (χ0v) is 13.4. The first kappa shape index (κ1) is 15.8. The molecular formula is C13H7BrCl2N2O3. The largest absolute Gasteiger partial charge is 0.320 e. The molecule has 8 heteroatoms. The van der Waals surface area contributed by atoms with Gasteiger partial charge in [-0.15, -0.1) is 0 Å². The predicted molar refractivity (Wildman–Crippen MR) is 85.2 cm³/mol. The highest BCUT2D eigenvalue weighted by atomic mass is 79.9. The molecule has 21 heavy (non-hydrogen) atoms. The Labute approximate surface area is 138 Å². The first-order valence-electron chi connectivity index (χ1n) is 5.59. The molecule has 0 saturated carbocycles. The highest BCUT2D eigenvalue weighted by molar-refractivity contribution is 9.10. The first-order chi connectivity index (χ1) is 9.88. The molecule has 0 aliphatic rings. The summed E-state index contributed by atoms with van der Waals surface area (Å²) in [7, 11) is 0. The van der Waals surface area contributed by atoms with Crippen molar-refractivity contribution in [2.24, 2.45) is 0 Å². The van der Waals surface area contributed by atoms with Crippen LogP contribution in [0.4, 0.5) is 11.4 Å². The summed E-state index contributed by atoms with van der Waals surface area (Å²) >= 11 is 15.0. The Bertz CT molecular complexity index is 737. The molecule has 2 aromatic rings. The van der Waals surface area contributed by atoms with Gasteiger partial charge in [-0.05, 0) is 30.3 Å². The number of anilines is 1. The van der Waals surface area contributed by atoms with Crippen LogP contribution in [0.15, 0.2) is 40.9 Å². The smallest absolute Gasteiger partial charge is 0.282 e. The zero-order chi connectivity index (χ0) is 15.6. The van der Waals surface area contributed by atoms with Crippen molar-refractivity contribution < 1.29 is 9.72 Å². The van der Waals surface area contributed by atoms with E-state index >= 15 is 0 Å². The van der Waals surface area contributed by atoms with Gasteiger partial charge >= 0.3 is 0 Å². The fraction of sp³-hybridized carbons (Fsp3) is 0. The van der Waals surface area contributed by atoms with E-state index < -0.39 is 10.8 Å². The van der Waals surface area contributed by atoms with E-state index in [-0.39, 0.29) is 16.3 Å². The van der Waals surface area contributed by atoms with Gasteiger partial charge in [0, 0.05) is 15.6 Å². The molecular weight excluding hydrogens is 383 g/mol. The van der Waals surface area contributed by atoms with E-state index in [0.717, 1.165) is 4.47 Å². The van der Waals surface area contributed by atoms with Crippen molar-refractivity contribution in [2.45, 2.75) is 0 Å². The van der Waals surface area contributed by atoms with Crippen molar-refractivity contribution in [2.75, 3.05) is 5.32 Å². The van der Waals surface area contributed by atoms with E-state index in [1.807, 2.05) is 0 Å². The summed E-state index contributed by atoms with van der Waals surface area (Å²) in [5.41, 5.74) is -0.115. The van der Waals surface area contributed by atoms with E-state index in [0.29, 0.717) is 10.7 Å². The van der Waals surface area contributed by atoms with Crippen molar-refractivity contribution in [3.05, 3.63) is 66.6 Å². The molecule has 0 saturated heterocycles. The number of amides is 1. The Morgan fingerprint density at radius 3 is 2.52 bits per heavy atom. The summed E-state index contributed by atoms with van der Waals surface area (Å²) in [6, 6.07) is 8.64. The standard InChI is InChI=1S/C13H7BrCl2N2O3/c14-7-1-3-11(10(16)5-7)17-13(19)9-6-8(15)2-4-12(9)18(20)21/h1-6H,(H,17,19). The molecule has 2 rings (SSSR count). The van der Waals surface area contributed by atoms with Gasteiger partial charge in [-0.25, -0.2) is 0 Å². The van der Waals surface area contributed by atoms with Crippen molar-refractivity contribution in [1.82, 2.24) is 0 Å².